The van der Waals surface area contributed by atoms with Crippen LogP contribution in [0.3, 0.4) is 0 Å². The molecule has 0 radical (unpaired) electrons. The highest BCUT2D eigenvalue weighted by atomic mass is 16.5. The quantitative estimate of drug-likeness (QED) is 0.770. The van der Waals surface area contributed by atoms with Gasteiger partial charge in [-0.1, -0.05) is 26.0 Å². The van der Waals surface area contributed by atoms with Crippen LogP contribution in [0.15, 0.2) is 24.3 Å². The molecule has 0 aliphatic rings. The van der Waals surface area contributed by atoms with Crippen molar-refractivity contribution in [3.63, 3.8) is 0 Å². The highest BCUT2D eigenvalue weighted by Gasteiger charge is 2.20. The molecule has 0 saturated carbocycles. The van der Waals surface area contributed by atoms with Gasteiger partial charge in [-0.25, -0.2) is 0 Å². The van der Waals surface area contributed by atoms with Crippen LogP contribution >= 0.6 is 0 Å². The Balaban J connectivity index is 2.85. The van der Waals surface area contributed by atoms with Crippen molar-refractivity contribution in [2.45, 2.75) is 38.8 Å². The summed E-state index contributed by atoms with van der Waals surface area (Å²) in [6.45, 7) is 5.32. The molecule has 3 heteroatoms. The molecule has 0 fully saturated rings. The van der Waals surface area contributed by atoms with Gasteiger partial charge in [-0.05, 0) is 37.1 Å². The molecule has 2 atom stereocenters. The monoisotopic (exact) mass is 251 g/mol. The zero-order valence-electron chi connectivity index (χ0n) is 11.9. The van der Waals surface area contributed by atoms with Crippen LogP contribution in [0.1, 0.15) is 38.3 Å². The summed E-state index contributed by atoms with van der Waals surface area (Å²) in [5, 5.41) is 3.56. The normalized spacial score (nSPS) is 14.2. The van der Waals surface area contributed by atoms with Crippen molar-refractivity contribution in [2.24, 2.45) is 0 Å². The first kappa shape index (κ1) is 15.0. The van der Waals surface area contributed by atoms with Gasteiger partial charge < -0.3 is 14.8 Å². The van der Waals surface area contributed by atoms with Gasteiger partial charge in [0, 0.05) is 7.11 Å². The third kappa shape index (κ3) is 4.00. The van der Waals surface area contributed by atoms with E-state index in [1.165, 1.54) is 5.56 Å². The molecule has 3 nitrogen and oxygen atoms in total. The summed E-state index contributed by atoms with van der Waals surface area (Å²) in [6, 6.07) is 8.45. The Labute approximate surface area is 110 Å². The number of ether oxygens (including phenoxy) is 2. The Kier molecular flexibility index (Phi) is 6.76. The molecule has 0 spiro atoms. The molecule has 0 amide bonds. The number of nitrogens with one attached hydrogen (secondary N) is 1. The van der Waals surface area contributed by atoms with Gasteiger partial charge in [0.15, 0.2) is 0 Å². The van der Waals surface area contributed by atoms with Crippen molar-refractivity contribution in [3.05, 3.63) is 29.8 Å². The van der Waals surface area contributed by atoms with Gasteiger partial charge in [0.25, 0.3) is 0 Å². The highest BCUT2D eigenvalue weighted by Crippen LogP contribution is 2.23. The fourth-order valence-electron chi connectivity index (χ4n) is 2.11. The molecule has 0 aromatic heterocycles. The van der Waals surface area contributed by atoms with E-state index in [0.717, 1.165) is 25.1 Å². The molecule has 0 bridgehead atoms. The van der Waals surface area contributed by atoms with E-state index in [1.807, 2.05) is 12.1 Å². The van der Waals surface area contributed by atoms with Crippen LogP contribution in [0, 0.1) is 0 Å². The van der Waals surface area contributed by atoms with Gasteiger partial charge in [-0.3, -0.25) is 0 Å². The first-order chi connectivity index (χ1) is 8.76. The second-order valence-corrected chi connectivity index (χ2v) is 4.39. The van der Waals surface area contributed by atoms with Crippen molar-refractivity contribution >= 4 is 0 Å². The topological polar surface area (TPSA) is 30.5 Å². The van der Waals surface area contributed by atoms with E-state index in [2.05, 4.69) is 31.3 Å². The first-order valence-electron chi connectivity index (χ1n) is 6.66. The molecular formula is C15H25NO2. The molecule has 102 valence electrons. The lowest BCUT2D eigenvalue weighted by atomic mass is 9.99. The van der Waals surface area contributed by atoms with Crippen molar-refractivity contribution < 1.29 is 9.47 Å². The molecule has 2 unspecified atom stereocenters. The van der Waals surface area contributed by atoms with Gasteiger partial charge in [-0.15, -0.1) is 0 Å². The molecule has 1 aromatic carbocycles. The Morgan fingerprint density at radius 1 is 1.11 bits per heavy atom. The number of hydrogen-bond donors (Lipinski definition) is 1. The molecular weight excluding hydrogens is 226 g/mol. The predicted molar refractivity (Wildman–Crippen MR) is 75.1 cm³/mol. The highest BCUT2D eigenvalue weighted by molar-refractivity contribution is 5.29. The van der Waals surface area contributed by atoms with E-state index in [4.69, 9.17) is 9.47 Å². The summed E-state index contributed by atoms with van der Waals surface area (Å²) in [4.78, 5) is 0. The van der Waals surface area contributed by atoms with Crippen molar-refractivity contribution in [3.8, 4) is 5.75 Å². The molecule has 18 heavy (non-hydrogen) atoms. The molecule has 1 aromatic rings. The number of hydrogen-bond acceptors (Lipinski definition) is 3. The van der Waals surface area contributed by atoms with Crippen LogP contribution in [0.5, 0.6) is 5.75 Å². The molecule has 0 aliphatic heterocycles. The van der Waals surface area contributed by atoms with Gasteiger partial charge in [0.2, 0.25) is 0 Å². The first-order valence-corrected chi connectivity index (χ1v) is 6.66. The Bertz CT molecular complexity index is 320. The lowest BCUT2D eigenvalue weighted by Gasteiger charge is -2.26. The van der Waals surface area contributed by atoms with E-state index in [1.54, 1.807) is 14.2 Å². The zero-order valence-corrected chi connectivity index (χ0v) is 11.9. The Morgan fingerprint density at radius 2 is 1.78 bits per heavy atom. The molecule has 0 aliphatic carbocycles. The maximum Gasteiger partial charge on any atom is 0.118 e. The van der Waals surface area contributed by atoms with Crippen LogP contribution in [-0.4, -0.2) is 26.9 Å². The van der Waals surface area contributed by atoms with E-state index in [9.17, 15) is 0 Å². The van der Waals surface area contributed by atoms with E-state index in [0.29, 0.717) is 0 Å². The van der Waals surface area contributed by atoms with E-state index in [-0.39, 0.29) is 12.1 Å². The van der Waals surface area contributed by atoms with Crippen LogP contribution in [0.25, 0.3) is 0 Å². The molecule has 1 N–H and O–H groups in total. The third-order valence-electron chi connectivity index (χ3n) is 3.17. The van der Waals surface area contributed by atoms with Gasteiger partial charge >= 0.3 is 0 Å². The Hall–Kier alpha value is -1.06. The summed E-state index contributed by atoms with van der Waals surface area (Å²) in [7, 11) is 3.46. The third-order valence-corrected chi connectivity index (χ3v) is 3.17. The average molecular weight is 251 g/mol. The minimum atomic E-state index is 0.199. The summed E-state index contributed by atoms with van der Waals surface area (Å²) < 4.78 is 10.8. The zero-order chi connectivity index (χ0) is 13.4. The summed E-state index contributed by atoms with van der Waals surface area (Å²) in [5.74, 6) is 0.887. The van der Waals surface area contributed by atoms with E-state index < -0.39 is 0 Å². The fourth-order valence-corrected chi connectivity index (χ4v) is 2.11. The molecule has 0 heterocycles. The maximum absolute atomic E-state index is 5.58. The van der Waals surface area contributed by atoms with Gasteiger partial charge in [0.05, 0.1) is 19.3 Å². The number of rotatable bonds is 8. The van der Waals surface area contributed by atoms with Crippen LogP contribution in [-0.2, 0) is 4.74 Å². The molecule has 1 rings (SSSR count). The van der Waals surface area contributed by atoms with Crippen LogP contribution in [0.4, 0.5) is 0 Å². The summed E-state index contributed by atoms with van der Waals surface area (Å²) in [5.41, 5.74) is 1.25. The van der Waals surface area contributed by atoms with Crippen LogP contribution in [0.2, 0.25) is 0 Å². The standard InChI is InChI=1S/C15H25NO2/c1-5-11-16-15(14(6-2)18-4)12-7-9-13(17-3)10-8-12/h7-10,14-16H,5-6,11H2,1-4H3. The lowest BCUT2D eigenvalue weighted by molar-refractivity contribution is 0.0650. The summed E-state index contributed by atoms with van der Waals surface area (Å²) in [6.07, 6.45) is 2.31. The van der Waals surface area contributed by atoms with Gasteiger partial charge in [-0.2, -0.15) is 0 Å². The number of methoxy groups -OCH3 is 2. The van der Waals surface area contributed by atoms with Crippen LogP contribution < -0.4 is 10.1 Å². The lowest BCUT2D eigenvalue weighted by Crippen LogP contribution is -2.33. The Morgan fingerprint density at radius 3 is 2.22 bits per heavy atom. The SMILES string of the molecule is CCCNC(c1ccc(OC)cc1)C(CC)OC. The molecule has 0 saturated heterocycles. The second kappa shape index (κ2) is 8.11. The second-order valence-electron chi connectivity index (χ2n) is 4.39. The van der Waals surface area contributed by atoms with Crippen molar-refractivity contribution in [1.82, 2.24) is 5.32 Å². The average Bonchev–Trinajstić information content (AvgIpc) is 2.43. The van der Waals surface area contributed by atoms with E-state index >= 15 is 0 Å². The fraction of sp³-hybridized carbons (Fsp3) is 0.600. The van der Waals surface area contributed by atoms with Gasteiger partial charge in [0.1, 0.15) is 5.75 Å². The largest absolute Gasteiger partial charge is 0.497 e. The van der Waals surface area contributed by atoms with Crippen molar-refractivity contribution in [1.29, 1.82) is 0 Å². The maximum atomic E-state index is 5.58. The number of benzene rings is 1. The predicted octanol–water partition coefficient (Wildman–Crippen LogP) is 3.16. The summed E-state index contributed by atoms with van der Waals surface area (Å²) >= 11 is 0. The minimum Gasteiger partial charge on any atom is -0.497 e. The minimum absolute atomic E-state index is 0.199. The smallest absolute Gasteiger partial charge is 0.118 e. The van der Waals surface area contributed by atoms with Crippen molar-refractivity contribution in [2.75, 3.05) is 20.8 Å².